The summed E-state index contributed by atoms with van der Waals surface area (Å²) < 4.78 is 17.4. The van der Waals surface area contributed by atoms with Crippen molar-refractivity contribution in [3.8, 4) is 11.5 Å². The highest BCUT2D eigenvalue weighted by atomic mass is 79.9. The van der Waals surface area contributed by atoms with Crippen molar-refractivity contribution in [1.82, 2.24) is 4.90 Å². The Bertz CT molecular complexity index is 1440. The van der Waals surface area contributed by atoms with E-state index in [1.165, 1.54) is 0 Å². The lowest BCUT2D eigenvalue weighted by atomic mass is 9.98. The van der Waals surface area contributed by atoms with Gasteiger partial charge in [-0.2, -0.15) is 0 Å². The second kappa shape index (κ2) is 8.99. The summed E-state index contributed by atoms with van der Waals surface area (Å²) in [7, 11) is 3.22. The van der Waals surface area contributed by atoms with E-state index in [4.69, 9.17) is 13.9 Å². The van der Waals surface area contributed by atoms with Crippen molar-refractivity contribution >= 4 is 32.8 Å². The lowest BCUT2D eigenvalue weighted by Crippen LogP contribution is -2.31. The fourth-order valence-corrected chi connectivity index (χ4v) is 4.78. The molecule has 0 N–H and O–H groups in total. The van der Waals surface area contributed by atoms with Gasteiger partial charge >= 0.3 is 0 Å². The highest BCUT2D eigenvalue weighted by Crippen LogP contribution is 2.39. The lowest BCUT2D eigenvalue weighted by molar-refractivity contribution is 0.0730. The van der Waals surface area contributed by atoms with E-state index in [0.29, 0.717) is 35.2 Å². The Balaban J connectivity index is 1.61. The van der Waals surface area contributed by atoms with Gasteiger partial charge in [0.2, 0.25) is 5.76 Å². The molecule has 3 aromatic carbocycles. The minimum absolute atomic E-state index is 0.0994. The van der Waals surface area contributed by atoms with Crippen molar-refractivity contribution in [2.24, 2.45) is 0 Å². The van der Waals surface area contributed by atoms with Crippen molar-refractivity contribution in [3.05, 3.63) is 104 Å². The van der Waals surface area contributed by atoms with Crippen LogP contribution in [0.4, 0.5) is 0 Å². The number of carbonyl (C=O) groups is 1. The fraction of sp³-hybridized carbons (Fsp3) is 0.185. The lowest BCUT2D eigenvalue weighted by Gasteiger charge is -2.25. The summed E-state index contributed by atoms with van der Waals surface area (Å²) in [5, 5.41) is 0.436. The summed E-state index contributed by atoms with van der Waals surface area (Å²) in [6.45, 7) is 0.413. The first-order valence-electron chi connectivity index (χ1n) is 10.8. The van der Waals surface area contributed by atoms with Gasteiger partial charge in [0, 0.05) is 11.0 Å². The van der Waals surface area contributed by atoms with Crippen molar-refractivity contribution in [2.45, 2.75) is 12.5 Å². The molecule has 1 aliphatic rings. The zero-order valence-electron chi connectivity index (χ0n) is 18.7. The molecule has 7 heteroatoms. The van der Waals surface area contributed by atoms with Crippen LogP contribution in [0.5, 0.6) is 11.5 Å². The van der Waals surface area contributed by atoms with E-state index in [9.17, 15) is 9.59 Å². The molecule has 0 bridgehead atoms. The number of carbonyl (C=O) groups excluding carboxylic acids is 1. The Kier molecular flexibility index (Phi) is 5.87. The summed E-state index contributed by atoms with van der Waals surface area (Å²) in [6.07, 6.45) is 0.615. The van der Waals surface area contributed by atoms with Gasteiger partial charge in [-0.1, -0.05) is 40.2 Å². The van der Waals surface area contributed by atoms with Gasteiger partial charge in [-0.3, -0.25) is 9.59 Å². The van der Waals surface area contributed by atoms with E-state index < -0.39 is 6.04 Å². The molecule has 1 aromatic heterocycles. The number of nitrogens with zero attached hydrogens (tertiary/aromatic N) is 1. The van der Waals surface area contributed by atoms with Crippen LogP contribution in [0.1, 0.15) is 33.3 Å². The van der Waals surface area contributed by atoms with Crippen LogP contribution in [0.2, 0.25) is 0 Å². The number of hydrogen-bond acceptors (Lipinski definition) is 5. The van der Waals surface area contributed by atoms with Crippen LogP contribution < -0.4 is 14.9 Å². The third-order valence-electron chi connectivity index (χ3n) is 6.14. The van der Waals surface area contributed by atoms with Crippen LogP contribution >= 0.6 is 15.9 Å². The molecular weight excluding hydrogens is 498 g/mol. The third kappa shape index (κ3) is 3.86. The molecule has 0 saturated heterocycles. The van der Waals surface area contributed by atoms with Gasteiger partial charge in [0.15, 0.2) is 5.43 Å². The third-order valence-corrected chi connectivity index (χ3v) is 6.63. The van der Waals surface area contributed by atoms with Gasteiger partial charge in [-0.25, -0.2) is 0 Å². The summed E-state index contributed by atoms with van der Waals surface area (Å²) in [5.74, 6) is 1.23. The molecule has 4 aromatic rings. The monoisotopic (exact) mass is 519 g/mol. The van der Waals surface area contributed by atoms with Gasteiger partial charge in [0.25, 0.3) is 5.91 Å². The Hall–Kier alpha value is -3.58. The number of hydrogen-bond donors (Lipinski definition) is 0. The molecule has 34 heavy (non-hydrogen) atoms. The average Bonchev–Trinajstić information content (AvgIpc) is 3.15. The zero-order chi connectivity index (χ0) is 23.8. The number of rotatable bonds is 6. The maximum atomic E-state index is 13.6. The van der Waals surface area contributed by atoms with Gasteiger partial charge in [0.1, 0.15) is 17.1 Å². The number of halogens is 1. The Morgan fingerprint density at radius 2 is 1.71 bits per heavy atom. The van der Waals surface area contributed by atoms with Crippen molar-refractivity contribution in [2.75, 3.05) is 20.8 Å². The van der Waals surface area contributed by atoms with Gasteiger partial charge in [0.05, 0.1) is 31.2 Å². The average molecular weight is 520 g/mol. The molecule has 0 saturated carbocycles. The molecule has 5 rings (SSSR count). The fourth-order valence-electron chi connectivity index (χ4n) is 4.42. The van der Waals surface area contributed by atoms with Crippen LogP contribution in [0.25, 0.3) is 11.0 Å². The first kappa shape index (κ1) is 22.2. The molecule has 0 fully saturated rings. The number of fused-ring (bicyclic) bond motifs is 2. The van der Waals surface area contributed by atoms with E-state index in [1.807, 2.05) is 48.5 Å². The molecule has 0 radical (unpaired) electrons. The van der Waals surface area contributed by atoms with E-state index in [1.54, 1.807) is 37.3 Å². The van der Waals surface area contributed by atoms with Crippen molar-refractivity contribution in [3.63, 3.8) is 0 Å². The first-order chi connectivity index (χ1) is 16.5. The largest absolute Gasteiger partial charge is 0.497 e. The molecule has 6 nitrogen and oxygen atoms in total. The van der Waals surface area contributed by atoms with Crippen LogP contribution in [0.3, 0.4) is 0 Å². The number of methoxy groups -OCH3 is 2. The second-order valence-corrected chi connectivity index (χ2v) is 9.01. The molecule has 2 heterocycles. The normalized spacial score (nSPS) is 15.0. The minimum Gasteiger partial charge on any atom is -0.497 e. The summed E-state index contributed by atoms with van der Waals surface area (Å²) >= 11 is 3.43. The van der Waals surface area contributed by atoms with E-state index in [0.717, 1.165) is 21.3 Å². The second-order valence-electron chi connectivity index (χ2n) is 8.09. The molecule has 1 unspecified atom stereocenters. The summed E-state index contributed by atoms with van der Waals surface area (Å²) in [5.41, 5.74) is 2.40. The van der Waals surface area contributed by atoms with Crippen LogP contribution in [-0.2, 0) is 6.42 Å². The molecule has 1 atom stereocenters. The van der Waals surface area contributed by atoms with E-state index in [2.05, 4.69) is 15.9 Å². The van der Waals surface area contributed by atoms with Gasteiger partial charge in [-0.05, 0) is 60.0 Å². The molecular formula is C27H22BrNO5. The number of benzene rings is 3. The first-order valence-corrected chi connectivity index (χ1v) is 11.6. The molecule has 0 aliphatic carbocycles. The molecule has 1 aliphatic heterocycles. The Morgan fingerprint density at radius 3 is 2.44 bits per heavy atom. The predicted molar refractivity (Wildman–Crippen MR) is 133 cm³/mol. The highest BCUT2D eigenvalue weighted by Gasteiger charge is 2.42. The standard InChI is InChI=1S/C27H22BrNO5/c1-32-19-9-6-16(7-10-19)12-13-29-24(17-4-3-5-20(14-17)33-2)23-25(30)21-15-18(28)8-11-22(21)34-26(23)27(29)31/h3-11,14-15,24H,12-13H2,1-2H3. The van der Waals surface area contributed by atoms with E-state index in [-0.39, 0.29) is 17.1 Å². The van der Waals surface area contributed by atoms with Gasteiger partial charge < -0.3 is 18.8 Å². The van der Waals surface area contributed by atoms with Gasteiger partial charge in [-0.15, -0.1) is 0 Å². The van der Waals surface area contributed by atoms with Crippen LogP contribution in [-0.4, -0.2) is 31.6 Å². The zero-order valence-corrected chi connectivity index (χ0v) is 20.3. The maximum Gasteiger partial charge on any atom is 0.290 e. The van der Waals surface area contributed by atoms with E-state index >= 15 is 0 Å². The highest BCUT2D eigenvalue weighted by molar-refractivity contribution is 9.10. The minimum atomic E-state index is -0.574. The summed E-state index contributed by atoms with van der Waals surface area (Å²) in [6, 6.07) is 19.8. The van der Waals surface area contributed by atoms with Crippen molar-refractivity contribution in [1.29, 1.82) is 0 Å². The van der Waals surface area contributed by atoms with Crippen molar-refractivity contribution < 1.29 is 18.7 Å². The Morgan fingerprint density at radius 1 is 0.941 bits per heavy atom. The summed E-state index contributed by atoms with van der Waals surface area (Å²) in [4.78, 5) is 28.9. The quantitative estimate of drug-likeness (QED) is 0.343. The van der Waals surface area contributed by atoms with Crippen LogP contribution in [0, 0.1) is 0 Å². The number of ether oxygens (including phenoxy) is 2. The molecule has 0 spiro atoms. The SMILES string of the molecule is COc1ccc(CCN2C(=O)c3oc4ccc(Br)cc4c(=O)c3C2c2cccc(OC)c2)cc1. The molecule has 172 valence electrons. The molecule has 1 amide bonds. The maximum absolute atomic E-state index is 13.6. The predicted octanol–water partition coefficient (Wildman–Crippen LogP) is 5.36. The van der Waals surface area contributed by atoms with Crippen LogP contribution in [0.15, 0.2) is 80.4 Å². The topological polar surface area (TPSA) is 69.0 Å². The Labute approximate surface area is 204 Å². The number of amides is 1. The smallest absolute Gasteiger partial charge is 0.290 e.